The molecule has 0 radical (unpaired) electrons. The Bertz CT molecular complexity index is 1960. The third-order valence-electron chi connectivity index (χ3n) is 8.43. The third-order valence-corrected chi connectivity index (χ3v) is 10.0. The number of carbonyl (C=O) groups excluding carboxylic acids is 4. The second kappa shape index (κ2) is 19.6. The highest BCUT2D eigenvalue weighted by Crippen LogP contribution is 2.40. The van der Waals surface area contributed by atoms with Crippen LogP contribution in [0.1, 0.15) is 61.7 Å². The predicted octanol–water partition coefficient (Wildman–Crippen LogP) is 4.71. The largest absolute Gasteiger partial charge is 0.467 e. The number of primary sulfonamides is 1. The molecule has 1 aliphatic rings. The minimum absolute atomic E-state index is 0.0285. The molecule has 17 nitrogen and oxygen atoms in total. The first-order valence-corrected chi connectivity index (χ1v) is 19.5. The van der Waals surface area contributed by atoms with Crippen molar-refractivity contribution in [2.45, 2.75) is 68.8 Å². The number of hydrogen-bond acceptors (Lipinski definition) is 15. The van der Waals surface area contributed by atoms with Crippen LogP contribution in [-0.4, -0.2) is 93.8 Å². The number of rotatable bonds is 18. The van der Waals surface area contributed by atoms with Crippen molar-refractivity contribution in [2.24, 2.45) is 5.14 Å². The van der Waals surface area contributed by atoms with E-state index in [1.54, 1.807) is 51.1 Å². The summed E-state index contributed by atoms with van der Waals surface area (Å²) in [5.74, 6) is -3.52. The number of carbonyl (C=O) groups is 4. The Labute approximate surface area is 333 Å². The van der Waals surface area contributed by atoms with Crippen LogP contribution in [0.2, 0.25) is 10.0 Å². The van der Waals surface area contributed by atoms with Gasteiger partial charge in [-0.25, -0.2) is 23.1 Å². The molecule has 0 spiro atoms. The second-order valence-electron chi connectivity index (χ2n) is 13.0. The van der Waals surface area contributed by atoms with Crippen molar-refractivity contribution in [1.29, 1.82) is 0 Å². The van der Waals surface area contributed by atoms with E-state index in [2.05, 4.69) is 5.32 Å². The topological polar surface area (TPSA) is 232 Å². The normalized spacial score (nSPS) is 17.8. The van der Waals surface area contributed by atoms with Gasteiger partial charge in [0.15, 0.2) is 0 Å². The van der Waals surface area contributed by atoms with Crippen molar-refractivity contribution in [1.82, 2.24) is 4.90 Å². The van der Waals surface area contributed by atoms with Gasteiger partial charge in [0.1, 0.15) is 23.9 Å². The molecule has 3 aromatic rings. The summed E-state index contributed by atoms with van der Waals surface area (Å²) in [5.41, 5.74) is -0.482. The van der Waals surface area contributed by atoms with Crippen molar-refractivity contribution in [3.8, 4) is 0 Å². The summed E-state index contributed by atoms with van der Waals surface area (Å²) in [6.45, 7) is 4.06. The fourth-order valence-corrected chi connectivity index (χ4v) is 6.91. The summed E-state index contributed by atoms with van der Waals surface area (Å²) in [5, 5.41) is 19.7. The van der Waals surface area contributed by atoms with E-state index in [1.165, 1.54) is 23.3 Å². The first kappa shape index (κ1) is 44.3. The van der Waals surface area contributed by atoms with E-state index in [0.717, 1.165) is 6.07 Å². The lowest BCUT2D eigenvalue weighted by atomic mass is 9.90. The van der Waals surface area contributed by atoms with Crippen LogP contribution in [0.5, 0.6) is 0 Å². The number of ether oxygens (including phenoxy) is 6. The van der Waals surface area contributed by atoms with Crippen LogP contribution in [-0.2, 0) is 60.4 Å². The maximum atomic E-state index is 13.1. The first-order valence-electron chi connectivity index (χ1n) is 17.2. The molecule has 306 valence electrons. The van der Waals surface area contributed by atoms with E-state index in [-0.39, 0.29) is 75.1 Å². The molecule has 1 aliphatic heterocycles. The number of halogens is 2. The fourth-order valence-electron chi connectivity index (χ4n) is 5.62. The van der Waals surface area contributed by atoms with E-state index in [9.17, 15) is 32.7 Å². The SMILES string of the molecule is C[C@@H]1N(C(=O)OCOC(=O)CCCC(=O)OCCOCCOC(=O)c2cc(S(N)(=O)=O)c(Cl)cc2NCc2ccco2)C(C)(C)CO[C@@]1(O)c1cccc(Cl)c1. The predicted molar refractivity (Wildman–Crippen MR) is 199 cm³/mol. The molecule has 1 amide bonds. The molecule has 1 saturated heterocycles. The summed E-state index contributed by atoms with van der Waals surface area (Å²) < 4.78 is 60.8. The number of furan rings is 1. The quantitative estimate of drug-likeness (QED) is 0.0681. The minimum Gasteiger partial charge on any atom is -0.467 e. The van der Waals surface area contributed by atoms with Crippen molar-refractivity contribution in [2.75, 3.05) is 45.1 Å². The van der Waals surface area contributed by atoms with Gasteiger partial charge < -0.3 is 43.3 Å². The van der Waals surface area contributed by atoms with Gasteiger partial charge in [-0.2, -0.15) is 0 Å². The Morgan fingerprint density at radius 1 is 0.964 bits per heavy atom. The van der Waals surface area contributed by atoms with Gasteiger partial charge in [0.05, 0.1) is 60.5 Å². The molecular formula is C36H43Cl2N3O14S. The summed E-state index contributed by atoms with van der Waals surface area (Å²) >= 11 is 12.2. The molecule has 56 heavy (non-hydrogen) atoms. The Kier molecular flexibility index (Phi) is 15.5. The van der Waals surface area contributed by atoms with Crippen molar-refractivity contribution in [3.05, 3.63) is 81.7 Å². The molecule has 20 heteroatoms. The fraction of sp³-hybridized carbons (Fsp3) is 0.444. The van der Waals surface area contributed by atoms with Gasteiger partial charge in [0.25, 0.3) is 0 Å². The molecule has 2 aromatic carbocycles. The number of anilines is 1. The van der Waals surface area contributed by atoms with Crippen molar-refractivity contribution < 1.29 is 65.5 Å². The number of nitrogens with two attached hydrogens (primary N) is 1. The summed E-state index contributed by atoms with van der Waals surface area (Å²) in [4.78, 5) is 51.1. The summed E-state index contributed by atoms with van der Waals surface area (Å²) in [6, 6.07) is 11.2. The number of amides is 1. The average Bonchev–Trinajstić information content (AvgIpc) is 3.65. The zero-order valence-corrected chi connectivity index (χ0v) is 33.1. The van der Waals surface area contributed by atoms with Crippen LogP contribution in [0.25, 0.3) is 0 Å². The molecular weight excluding hydrogens is 801 g/mol. The average molecular weight is 845 g/mol. The molecule has 2 atom stereocenters. The number of aliphatic hydroxyl groups is 1. The molecule has 0 unspecified atom stereocenters. The number of nitrogens with zero attached hydrogens (tertiary/aromatic N) is 1. The molecule has 0 bridgehead atoms. The van der Waals surface area contributed by atoms with Gasteiger partial charge in [-0.05, 0) is 63.6 Å². The number of nitrogens with one attached hydrogen (secondary N) is 1. The molecule has 2 heterocycles. The summed E-state index contributed by atoms with van der Waals surface area (Å²) in [6.07, 6.45) is 0.460. The van der Waals surface area contributed by atoms with Gasteiger partial charge in [0, 0.05) is 23.4 Å². The molecule has 4 rings (SSSR count). The zero-order valence-electron chi connectivity index (χ0n) is 30.8. The van der Waals surface area contributed by atoms with Crippen LogP contribution in [0.3, 0.4) is 0 Å². The smallest absolute Gasteiger partial charge is 0.413 e. The van der Waals surface area contributed by atoms with Crippen LogP contribution in [0, 0.1) is 0 Å². The van der Waals surface area contributed by atoms with Crippen LogP contribution in [0.4, 0.5) is 10.5 Å². The highest BCUT2D eigenvalue weighted by atomic mass is 35.5. The van der Waals surface area contributed by atoms with E-state index in [1.807, 2.05) is 0 Å². The van der Waals surface area contributed by atoms with Crippen LogP contribution < -0.4 is 10.5 Å². The Morgan fingerprint density at radius 2 is 1.66 bits per heavy atom. The lowest BCUT2D eigenvalue weighted by molar-refractivity contribution is -0.295. The van der Waals surface area contributed by atoms with E-state index >= 15 is 0 Å². The van der Waals surface area contributed by atoms with E-state index < -0.39 is 63.1 Å². The van der Waals surface area contributed by atoms with Gasteiger partial charge in [-0.15, -0.1) is 0 Å². The molecule has 0 saturated carbocycles. The molecule has 1 aromatic heterocycles. The number of esters is 3. The third kappa shape index (κ3) is 12.0. The number of hydrogen-bond donors (Lipinski definition) is 3. The maximum Gasteiger partial charge on any atom is 0.413 e. The van der Waals surface area contributed by atoms with Crippen molar-refractivity contribution in [3.63, 3.8) is 0 Å². The lowest BCUT2D eigenvalue weighted by Gasteiger charge is -2.52. The number of benzene rings is 2. The lowest BCUT2D eigenvalue weighted by Crippen LogP contribution is -2.66. The van der Waals surface area contributed by atoms with Crippen LogP contribution in [0.15, 0.2) is 64.1 Å². The molecule has 0 aliphatic carbocycles. The van der Waals surface area contributed by atoms with Gasteiger partial charge in [0.2, 0.25) is 22.6 Å². The highest BCUT2D eigenvalue weighted by Gasteiger charge is 2.53. The number of morpholine rings is 1. The standard InChI is InChI=1S/C36H43Cl2N3O14S/c1-23-36(46,24-7-4-8-25(37)17-24)55-21-35(2,3)41(23)34(45)54-22-53-32(43)11-5-10-31(42)51-15-13-49-14-16-52-33(44)27-18-30(56(39,47)48)28(38)19-29(27)40-20-26-9-6-12-50-26/h4,6-9,12,17-19,23,40,46H,5,10-11,13-16,20-22H2,1-3H3,(H2,39,47,48)/t23-,36+/m0/s1. The molecule has 1 fully saturated rings. The minimum atomic E-state index is -4.25. The Balaban J connectivity index is 1.11. The summed E-state index contributed by atoms with van der Waals surface area (Å²) in [7, 11) is -4.25. The van der Waals surface area contributed by atoms with Crippen LogP contribution >= 0.6 is 23.2 Å². The van der Waals surface area contributed by atoms with Gasteiger partial charge in [-0.1, -0.05) is 35.3 Å². The van der Waals surface area contributed by atoms with E-state index in [0.29, 0.717) is 16.3 Å². The highest BCUT2D eigenvalue weighted by molar-refractivity contribution is 7.89. The monoisotopic (exact) mass is 843 g/mol. The molecule has 4 N–H and O–H groups in total. The Morgan fingerprint density at radius 3 is 2.32 bits per heavy atom. The van der Waals surface area contributed by atoms with Crippen molar-refractivity contribution >= 4 is 62.9 Å². The Hall–Kier alpha value is -4.43. The second-order valence-corrected chi connectivity index (χ2v) is 15.4. The van der Waals surface area contributed by atoms with Gasteiger partial charge >= 0.3 is 24.0 Å². The first-order chi connectivity index (χ1) is 26.4. The zero-order chi connectivity index (χ0) is 41.1. The van der Waals surface area contributed by atoms with Gasteiger partial charge in [-0.3, -0.25) is 14.5 Å². The number of sulfonamides is 1. The maximum absolute atomic E-state index is 13.1. The van der Waals surface area contributed by atoms with E-state index in [4.69, 9.17) is 61.2 Å².